The van der Waals surface area contributed by atoms with E-state index in [2.05, 4.69) is 11.4 Å². The summed E-state index contributed by atoms with van der Waals surface area (Å²) in [4.78, 5) is 1.31. The standard InChI is InChI=1S/C15H18ClNOS/c1-17-12(11-14-7-8-15(16)19-14)9-10-18-13-5-3-2-4-6-13/h2-8,12,17H,9-11H2,1H3. The van der Waals surface area contributed by atoms with Crippen LogP contribution in [0.3, 0.4) is 0 Å². The molecule has 2 aromatic rings. The maximum atomic E-state index is 5.94. The van der Waals surface area contributed by atoms with Crippen molar-refractivity contribution in [3.05, 3.63) is 51.7 Å². The molecule has 0 bridgehead atoms. The molecule has 0 radical (unpaired) electrons. The van der Waals surface area contributed by atoms with Crippen molar-refractivity contribution in [2.75, 3.05) is 13.7 Å². The minimum atomic E-state index is 0.415. The summed E-state index contributed by atoms with van der Waals surface area (Å²) in [6, 6.07) is 14.4. The molecule has 1 aromatic heterocycles. The van der Waals surface area contributed by atoms with E-state index in [0.717, 1.165) is 22.9 Å². The van der Waals surface area contributed by atoms with E-state index in [9.17, 15) is 0 Å². The van der Waals surface area contributed by atoms with E-state index in [1.165, 1.54) is 4.88 Å². The van der Waals surface area contributed by atoms with Gasteiger partial charge in [0.05, 0.1) is 10.9 Å². The molecule has 0 fully saturated rings. The summed E-state index contributed by atoms with van der Waals surface area (Å²) in [6.07, 6.45) is 1.97. The van der Waals surface area contributed by atoms with Crippen LogP contribution in [0.5, 0.6) is 5.75 Å². The topological polar surface area (TPSA) is 21.3 Å². The maximum Gasteiger partial charge on any atom is 0.119 e. The van der Waals surface area contributed by atoms with Crippen molar-refractivity contribution in [1.82, 2.24) is 5.32 Å². The SMILES string of the molecule is CNC(CCOc1ccccc1)Cc1ccc(Cl)s1. The maximum absolute atomic E-state index is 5.94. The van der Waals surface area contributed by atoms with Crippen LogP contribution in [0.1, 0.15) is 11.3 Å². The molecule has 19 heavy (non-hydrogen) atoms. The fourth-order valence-corrected chi connectivity index (χ4v) is 3.06. The first-order valence-corrected chi connectivity index (χ1v) is 7.56. The minimum absolute atomic E-state index is 0.415. The van der Waals surface area contributed by atoms with Crippen LogP contribution in [0.25, 0.3) is 0 Å². The van der Waals surface area contributed by atoms with Gasteiger partial charge in [-0.25, -0.2) is 0 Å². The summed E-state index contributed by atoms with van der Waals surface area (Å²) in [6.45, 7) is 0.717. The highest BCUT2D eigenvalue weighted by Crippen LogP contribution is 2.23. The average Bonchev–Trinajstić information content (AvgIpc) is 2.84. The zero-order chi connectivity index (χ0) is 13.5. The molecule has 2 rings (SSSR count). The Bertz CT molecular complexity index is 486. The number of rotatable bonds is 7. The minimum Gasteiger partial charge on any atom is -0.494 e. The fourth-order valence-electron chi connectivity index (χ4n) is 1.89. The van der Waals surface area contributed by atoms with Gasteiger partial charge in [-0.15, -0.1) is 11.3 Å². The lowest BCUT2D eigenvalue weighted by atomic mass is 10.1. The Labute approximate surface area is 123 Å². The van der Waals surface area contributed by atoms with Crippen molar-refractivity contribution >= 4 is 22.9 Å². The van der Waals surface area contributed by atoms with Gasteiger partial charge in [0.15, 0.2) is 0 Å². The average molecular weight is 296 g/mol. The van der Waals surface area contributed by atoms with Gasteiger partial charge in [0.25, 0.3) is 0 Å². The van der Waals surface area contributed by atoms with Crippen molar-refractivity contribution in [3.63, 3.8) is 0 Å². The second-order valence-electron chi connectivity index (χ2n) is 4.35. The molecule has 1 N–H and O–H groups in total. The van der Waals surface area contributed by atoms with E-state index in [4.69, 9.17) is 16.3 Å². The van der Waals surface area contributed by atoms with E-state index in [1.807, 2.05) is 43.4 Å². The summed E-state index contributed by atoms with van der Waals surface area (Å²) in [5.41, 5.74) is 0. The van der Waals surface area contributed by atoms with Crippen LogP contribution >= 0.6 is 22.9 Å². The number of para-hydroxylation sites is 1. The first-order chi connectivity index (χ1) is 9.28. The Morgan fingerprint density at radius 3 is 2.63 bits per heavy atom. The Balaban J connectivity index is 1.76. The largest absolute Gasteiger partial charge is 0.494 e. The van der Waals surface area contributed by atoms with E-state index in [-0.39, 0.29) is 0 Å². The fraction of sp³-hybridized carbons (Fsp3) is 0.333. The Morgan fingerprint density at radius 1 is 1.21 bits per heavy atom. The van der Waals surface area contributed by atoms with E-state index < -0.39 is 0 Å². The van der Waals surface area contributed by atoms with Gasteiger partial charge in [-0.1, -0.05) is 29.8 Å². The second kappa shape index (κ2) is 7.53. The Morgan fingerprint density at radius 2 is 2.00 bits per heavy atom. The van der Waals surface area contributed by atoms with Gasteiger partial charge >= 0.3 is 0 Å². The normalized spacial score (nSPS) is 12.3. The predicted octanol–water partition coefficient (Wildman–Crippen LogP) is 4.00. The number of hydrogen-bond donors (Lipinski definition) is 1. The third kappa shape index (κ3) is 4.86. The van der Waals surface area contributed by atoms with Crippen LogP contribution in [0.2, 0.25) is 4.34 Å². The van der Waals surface area contributed by atoms with Gasteiger partial charge < -0.3 is 10.1 Å². The number of likely N-dealkylation sites (N-methyl/N-ethyl adjacent to an activating group) is 1. The molecule has 1 aromatic carbocycles. The molecule has 0 spiro atoms. The van der Waals surface area contributed by atoms with Crippen molar-refractivity contribution in [3.8, 4) is 5.75 Å². The Kier molecular flexibility index (Phi) is 5.70. The number of halogens is 1. The molecule has 2 nitrogen and oxygen atoms in total. The number of nitrogens with one attached hydrogen (secondary N) is 1. The van der Waals surface area contributed by atoms with Crippen molar-refractivity contribution in [1.29, 1.82) is 0 Å². The summed E-state index contributed by atoms with van der Waals surface area (Å²) in [5.74, 6) is 0.927. The van der Waals surface area contributed by atoms with Crippen LogP contribution in [0.15, 0.2) is 42.5 Å². The van der Waals surface area contributed by atoms with Gasteiger partial charge in [-0.3, -0.25) is 0 Å². The highest BCUT2D eigenvalue weighted by atomic mass is 35.5. The molecule has 102 valence electrons. The molecule has 4 heteroatoms. The molecule has 0 saturated heterocycles. The molecule has 0 amide bonds. The second-order valence-corrected chi connectivity index (χ2v) is 6.15. The molecule has 0 saturated carbocycles. The van der Waals surface area contributed by atoms with E-state index >= 15 is 0 Å². The monoisotopic (exact) mass is 295 g/mol. The lowest BCUT2D eigenvalue weighted by Gasteiger charge is -2.15. The summed E-state index contributed by atoms with van der Waals surface area (Å²) >= 11 is 7.59. The summed E-state index contributed by atoms with van der Waals surface area (Å²) < 4.78 is 6.57. The van der Waals surface area contributed by atoms with Gasteiger partial charge in [0, 0.05) is 10.9 Å². The highest BCUT2D eigenvalue weighted by Gasteiger charge is 2.09. The zero-order valence-electron chi connectivity index (χ0n) is 10.9. The molecule has 0 aliphatic rings. The number of ether oxygens (including phenoxy) is 1. The first-order valence-electron chi connectivity index (χ1n) is 6.37. The van der Waals surface area contributed by atoms with Crippen LogP contribution < -0.4 is 10.1 Å². The highest BCUT2D eigenvalue weighted by molar-refractivity contribution is 7.16. The quantitative estimate of drug-likeness (QED) is 0.833. The van der Waals surface area contributed by atoms with Crippen LogP contribution in [0, 0.1) is 0 Å². The van der Waals surface area contributed by atoms with E-state index in [0.29, 0.717) is 12.6 Å². The van der Waals surface area contributed by atoms with Gasteiger partial charge in [-0.05, 0) is 44.2 Å². The third-order valence-corrected chi connectivity index (χ3v) is 4.22. The molecule has 0 aliphatic carbocycles. The van der Waals surface area contributed by atoms with Crippen molar-refractivity contribution < 1.29 is 4.74 Å². The molecule has 1 unspecified atom stereocenters. The van der Waals surface area contributed by atoms with Crippen molar-refractivity contribution in [2.45, 2.75) is 18.9 Å². The molecular formula is C15H18ClNOS. The number of thiophene rings is 1. The molecule has 0 aliphatic heterocycles. The third-order valence-electron chi connectivity index (χ3n) is 2.96. The van der Waals surface area contributed by atoms with E-state index in [1.54, 1.807) is 11.3 Å². The number of benzene rings is 1. The number of hydrogen-bond acceptors (Lipinski definition) is 3. The predicted molar refractivity (Wildman–Crippen MR) is 82.4 cm³/mol. The summed E-state index contributed by atoms with van der Waals surface area (Å²) in [5, 5.41) is 3.33. The van der Waals surface area contributed by atoms with Crippen molar-refractivity contribution in [2.24, 2.45) is 0 Å². The van der Waals surface area contributed by atoms with Crippen LogP contribution in [-0.4, -0.2) is 19.7 Å². The van der Waals surface area contributed by atoms with Gasteiger partial charge in [0.2, 0.25) is 0 Å². The van der Waals surface area contributed by atoms with Gasteiger partial charge in [0.1, 0.15) is 5.75 Å². The zero-order valence-corrected chi connectivity index (χ0v) is 12.5. The molecular weight excluding hydrogens is 278 g/mol. The first kappa shape index (κ1) is 14.4. The van der Waals surface area contributed by atoms with Crippen LogP contribution in [0.4, 0.5) is 0 Å². The lowest BCUT2D eigenvalue weighted by molar-refractivity contribution is 0.288. The summed E-state index contributed by atoms with van der Waals surface area (Å²) in [7, 11) is 1.99. The lowest BCUT2D eigenvalue weighted by Crippen LogP contribution is -2.29. The molecule has 1 heterocycles. The van der Waals surface area contributed by atoms with Gasteiger partial charge in [-0.2, -0.15) is 0 Å². The smallest absolute Gasteiger partial charge is 0.119 e. The Hall–Kier alpha value is -1.03. The molecule has 1 atom stereocenters. The van der Waals surface area contributed by atoms with Crippen LogP contribution in [-0.2, 0) is 6.42 Å².